The van der Waals surface area contributed by atoms with E-state index in [0.717, 1.165) is 22.3 Å². The van der Waals surface area contributed by atoms with E-state index in [4.69, 9.17) is 9.84 Å². The fraction of sp³-hybridized carbons (Fsp3) is 0.375. The van der Waals surface area contributed by atoms with Gasteiger partial charge in [0.2, 0.25) is 5.91 Å². The van der Waals surface area contributed by atoms with Crippen LogP contribution in [0.1, 0.15) is 43.7 Å². The van der Waals surface area contributed by atoms with Crippen molar-refractivity contribution in [3.8, 4) is 11.1 Å². The number of carboxylic acids is 1. The van der Waals surface area contributed by atoms with Crippen LogP contribution in [0.25, 0.3) is 11.1 Å². The Kier molecular flexibility index (Phi) is 7.28. The van der Waals surface area contributed by atoms with Crippen LogP contribution in [0.3, 0.4) is 0 Å². The molecular formula is C24H28N2O5. The minimum atomic E-state index is -0.897. The van der Waals surface area contributed by atoms with Crippen LogP contribution in [0.4, 0.5) is 4.79 Å². The maximum Gasteiger partial charge on any atom is 0.407 e. The molecule has 7 nitrogen and oxygen atoms in total. The molecule has 0 saturated heterocycles. The number of nitrogens with one attached hydrogen (secondary N) is 2. The zero-order valence-electron chi connectivity index (χ0n) is 17.8. The summed E-state index contributed by atoms with van der Waals surface area (Å²) in [5.74, 6) is -1.62. The molecule has 0 spiro atoms. The predicted octanol–water partition coefficient (Wildman–Crippen LogP) is 3.53. The second-order valence-electron chi connectivity index (χ2n) is 7.95. The molecule has 0 fully saturated rings. The summed E-state index contributed by atoms with van der Waals surface area (Å²) in [6, 6.07) is 16.0. The first-order valence-electron chi connectivity index (χ1n) is 10.5. The number of alkyl carbamates (subject to hydrolysis) is 1. The SMILES string of the molecule is CC(CCC(=O)O)NC(=O)C(C)CNC(=O)OCC1c2ccccc2-c2ccccc21. The third kappa shape index (κ3) is 5.63. The molecule has 0 radical (unpaired) electrons. The zero-order chi connectivity index (χ0) is 22.4. The fourth-order valence-corrected chi connectivity index (χ4v) is 3.78. The first-order chi connectivity index (χ1) is 14.9. The van der Waals surface area contributed by atoms with Crippen molar-refractivity contribution >= 4 is 18.0 Å². The molecule has 1 aliphatic carbocycles. The molecule has 2 atom stereocenters. The molecule has 0 aliphatic heterocycles. The van der Waals surface area contributed by atoms with Gasteiger partial charge in [-0.1, -0.05) is 55.5 Å². The zero-order valence-corrected chi connectivity index (χ0v) is 17.8. The van der Waals surface area contributed by atoms with Crippen LogP contribution < -0.4 is 10.6 Å². The van der Waals surface area contributed by atoms with Crippen molar-refractivity contribution in [1.82, 2.24) is 10.6 Å². The second kappa shape index (κ2) is 10.1. The number of carbonyl (C=O) groups is 3. The molecule has 164 valence electrons. The van der Waals surface area contributed by atoms with E-state index in [0.29, 0.717) is 6.42 Å². The molecule has 7 heteroatoms. The molecule has 2 aromatic rings. The third-order valence-electron chi connectivity index (χ3n) is 5.52. The highest BCUT2D eigenvalue weighted by Crippen LogP contribution is 2.44. The maximum atomic E-state index is 12.2. The standard InChI is InChI=1S/C24H28N2O5/c1-15(23(29)26-16(2)11-12-22(27)28)13-25-24(30)31-14-21-19-9-5-3-7-17(19)18-8-4-6-10-20(18)21/h3-10,15-16,21H,11-14H2,1-2H3,(H,25,30)(H,26,29)(H,27,28). The Bertz CT molecular complexity index is 913. The summed E-state index contributed by atoms with van der Waals surface area (Å²) in [5, 5.41) is 14.1. The summed E-state index contributed by atoms with van der Waals surface area (Å²) >= 11 is 0. The molecule has 0 bridgehead atoms. The van der Waals surface area contributed by atoms with Crippen molar-refractivity contribution in [2.75, 3.05) is 13.2 Å². The summed E-state index contributed by atoms with van der Waals surface area (Å²) in [6.07, 6.45) is -0.220. The molecule has 0 aromatic heterocycles. The first kappa shape index (κ1) is 22.3. The first-order valence-corrected chi connectivity index (χ1v) is 10.5. The van der Waals surface area contributed by atoms with Gasteiger partial charge >= 0.3 is 12.1 Å². The van der Waals surface area contributed by atoms with E-state index in [2.05, 4.69) is 34.9 Å². The number of hydrogen-bond donors (Lipinski definition) is 3. The lowest BCUT2D eigenvalue weighted by Gasteiger charge is -2.18. The maximum absolute atomic E-state index is 12.2. The van der Waals surface area contributed by atoms with Gasteiger partial charge in [-0.3, -0.25) is 9.59 Å². The summed E-state index contributed by atoms with van der Waals surface area (Å²) in [6.45, 7) is 3.80. The van der Waals surface area contributed by atoms with E-state index in [9.17, 15) is 14.4 Å². The number of fused-ring (bicyclic) bond motifs is 3. The molecule has 3 rings (SSSR count). The highest BCUT2D eigenvalue weighted by Gasteiger charge is 2.29. The number of carboxylic acid groups (broad SMARTS) is 1. The predicted molar refractivity (Wildman–Crippen MR) is 117 cm³/mol. The Morgan fingerprint density at radius 3 is 2.16 bits per heavy atom. The quantitative estimate of drug-likeness (QED) is 0.571. The molecule has 0 heterocycles. The Morgan fingerprint density at radius 1 is 1.00 bits per heavy atom. The summed E-state index contributed by atoms with van der Waals surface area (Å²) in [5.41, 5.74) is 4.60. The Morgan fingerprint density at radius 2 is 1.58 bits per heavy atom. The Balaban J connectivity index is 1.47. The van der Waals surface area contributed by atoms with Gasteiger partial charge < -0.3 is 20.5 Å². The van der Waals surface area contributed by atoms with E-state index in [1.54, 1.807) is 13.8 Å². The number of amides is 2. The third-order valence-corrected chi connectivity index (χ3v) is 5.52. The average Bonchev–Trinajstić information content (AvgIpc) is 3.08. The normalized spacial score (nSPS) is 14.1. The van der Waals surface area contributed by atoms with Gasteiger partial charge in [-0.05, 0) is 35.6 Å². The van der Waals surface area contributed by atoms with Gasteiger partial charge in [0.05, 0.1) is 5.92 Å². The number of carbonyl (C=O) groups excluding carboxylic acids is 2. The Labute approximate surface area is 181 Å². The van der Waals surface area contributed by atoms with Gasteiger partial charge in [-0.2, -0.15) is 0 Å². The van der Waals surface area contributed by atoms with Crippen molar-refractivity contribution in [3.05, 3.63) is 59.7 Å². The molecule has 0 saturated carbocycles. The Hall–Kier alpha value is -3.35. The van der Waals surface area contributed by atoms with Crippen LogP contribution >= 0.6 is 0 Å². The molecule has 2 amide bonds. The van der Waals surface area contributed by atoms with Crippen molar-refractivity contribution in [1.29, 1.82) is 0 Å². The average molecular weight is 424 g/mol. The van der Waals surface area contributed by atoms with Crippen LogP contribution in [0, 0.1) is 5.92 Å². The molecule has 31 heavy (non-hydrogen) atoms. The molecule has 2 unspecified atom stereocenters. The van der Waals surface area contributed by atoms with Gasteiger partial charge in [0, 0.05) is 24.9 Å². The lowest BCUT2D eigenvalue weighted by atomic mass is 9.98. The minimum Gasteiger partial charge on any atom is -0.481 e. The molecule has 3 N–H and O–H groups in total. The highest BCUT2D eigenvalue weighted by molar-refractivity contribution is 5.80. The summed E-state index contributed by atoms with van der Waals surface area (Å²) < 4.78 is 5.47. The smallest absolute Gasteiger partial charge is 0.407 e. The van der Waals surface area contributed by atoms with Crippen molar-refractivity contribution in [2.45, 2.75) is 38.6 Å². The molecular weight excluding hydrogens is 396 g/mol. The van der Waals surface area contributed by atoms with Crippen LogP contribution in [-0.4, -0.2) is 42.3 Å². The van der Waals surface area contributed by atoms with Crippen LogP contribution in [0.2, 0.25) is 0 Å². The lowest BCUT2D eigenvalue weighted by Crippen LogP contribution is -2.41. The van der Waals surface area contributed by atoms with Gasteiger partial charge in [-0.25, -0.2) is 4.79 Å². The molecule has 1 aliphatic rings. The van der Waals surface area contributed by atoms with E-state index >= 15 is 0 Å². The van der Waals surface area contributed by atoms with Crippen molar-refractivity contribution in [3.63, 3.8) is 0 Å². The van der Waals surface area contributed by atoms with E-state index in [1.807, 2.05) is 24.3 Å². The topological polar surface area (TPSA) is 105 Å². The highest BCUT2D eigenvalue weighted by atomic mass is 16.5. The number of hydrogen-bond acceptors (Lipinski definition) is 4. The number of aliphatic carboxylic acids is 1. The lowest BCUT2D eigenvalue weighted by molar-refractivity contribution is -0.137. The summed E-state index contributed by atoms with van der Waals surface area (Å²) in [7, 11) is 0. The fourth-order valence-electron chi connectivity index (χ4n) is 3.78. The van der Waals surface area contributed by atoms with Crippen LogP contribution in [-0.2, 0) is 14.3 Å². The number of ether oxygens (including phenoxy) is 1. The van der Waals surface area contributed by atoms with E-state index in [1.165, 1.54) is 0 Å². The van der Waals surface area contributed by atoms with Crippen molar-refractivity contribution < 1.29 is 24.2 Å². The second-order valence-corrected chi connectivity index (χ2v) is 7.95. The largest absolute Gasteiger partial charge is 0.481 e. The van der Waals surface area contributed by atoms with Gasteiger partial charge in [0.15, 0.2) is 0 Å². The van der Waals surface area contributed by atoms with Gasteiger partial charge in [0.25, 0.3) is 0 Å². The van der Waals surface area contributed by atoms with Gasteiger partial charge in [-0.15, -0.1) is 0 Å². The van der Waals surface area contributed by atoms with Gasteiger partial charge in [0.1, 0.15) is 6.61 Å². The number of benzene rings is 2. The number of rotatable bonds is 9. The molecule has 2 aromatic carbocycles. The van der Waals surface area contributed by atoms with Crippen molar-refractivity contribution in [2.24, 2.45) is 5.92 Å². The summed E-state index contributed by atoms with van der Waals surface area (Å²) in [4.78, 5) is 35.0. The van der Waals surface area contributed by atoms with E-state index in [-0.39, 0.29) is 37.4 Å². The minimum absolute atomic E-state index is 0.00612. The van der Waals surface area contributed by atoms with E-state index < -0.39 is 18.0 Å². The monoisotopic (exact) mass is 424 g/mol. The van der Waals surface area contributed by atoms with Crippen LogP contribution in [0.15, 0.2) is 48.5 Å². The van der Waals surface area contributed by atoms with Crippen LogP contribution in [0.5, 0.6) is 0 Å².